The van der Waals surface area contributed by atoms with E-state index >= 15 is 0 Å². The summed E-state index contributed by atoms with van der Waals surface area (Å²) in [6.07, 6.45) is -4.02. The van der Waals surface area contributed by atoms with Gasteiger partial charge in [0.25, 0.3) is 0 Å². The van der Waals surface area contributed by atoms with E-state index in [1.807, 2.05) is 13.8 Å². The first-order valence-electron chi connectivity index (χ1n) is 7.83. The molecule has 0 N–H and O–H groups in total. The van der Waals surface area contributed by atoms with Crippen molar-refractivity contribution in [2.24, 2.45) is 11.8 Å². The van der Waals surface area contributed by atoms with Gasteiger partial charge in [-0.05, 0) is 46.0 Å². The number of hydrogen-bond donors (Lipinski definition) is 0. The summed E-state index contributed by atoms with van der Waals surface area (Å²) >= 11 is 0. The molecule has 0 heterocycles. The minimum Gasteiger partial charge on any atom is -0.298 e. The van der Waals surface area contributed by atoms with Crippen molar-refractivity contribution in [3.8, 4) is 0 Å². The molecule has 0 rings (SSSR count). The van der Waals surface area contributed by atoms with Gasteiger partial charge in [-0.25, -0.2) is 0 Å². The third-order valence-corrected chi connectivity index (χ3v) is 2.86. The Balaban J connectivity index is 0. The van der Waals surface area contributed by atoms with Crippen LogP contribution in [-0.4, -0.2) is 36.5 Å². The number of ether oxygens (including phenoxy) is 1. The van der Waals surface area contributed by atoms with Crippen molar-refractivity contribution < 1.29 is 17.9 Å². The van der Waals surface area contributed by atoms with Crippen molar-refractivity contribution in [3.05, 3.63) is 0 Å². The van der Waals surface area contributed by atoms with Gasteiger partial charge >= 0.3 is 6.36 Å². The number of rotatable bonds is 7. The highest BCUT2D eigenvalue weighted by Gasteiger charge is 2.28. The van der Waals surface area contributed by atoms with Crippen LogP contribution in [0.25, 0.3) is 0 Å². The summed E-state index contributed by atoms with van der Waals surface area (Å²) in [5.74, 6) is 1.03. The zero-order valence-corrected chi connectivity index (χ0v) is 14.9. The smallest absolute Gasteiger partial charge is 0.298 e. The highest BCUT2D eigenvalue weighted by Crippen LogP contribution is 2.17. The van der Waals surface area contributed by atoms with Crippen LogP contribution >= 0.6 is 0 Å². The van der Waals surface area contributed by atoms with Crippen LogP contribution in [0.1, 0.15) is 61.8 Å². The Hall–Kier alpha value is -0.290. The predicted molar refractivity (Wildman–Crippen MR) is 83.3 cm³/mol. The van der Waals surface area contributed by atoms with Gasteiger partial charge in [-0.15, -0.1) is 13.2 Å². The van der Waals surface area contributed by atoms with Crippen molar-refractivity contribution in [1.82, 2.24) is 4.90 Å². The van der Waals surface area contributed by atoms with E-state index in [4.69, 9.17) is 0 Å². The Bertz CT molecular complexity index is 230. The molecule has 0 bridgehead atoms. The van der Waals surface area contributed by atoms with Crippen molar-refractivity contribution >= 4 is 0 Å². The van der Waals surface area contributed by atoms with Gasteiger partial charge in [-0.2, -0.15) is 0 Å². The third kappa shape index (κ3) is 17.7. The molecule has 2 nitrogen and oxygen atoms in total. The monoisotopic (exact) mass is 313 g/mol. The SMILES string of the molecule is CC(C)CCOC(F)(F)F.CC(C)CN(C(C)C)C(C)C. The quantitative estimate of drug-likeness (QED) is 0.630. The van der Waals surface area contributed by atoms with Gasteiger partial charge in [0.1, 0.15) is 0 Å². The van der Waals surface area contributed by atoms with E-state index in [-0.39, 0.29) is 12.5 Å². The van der Waals surface area contributed by atoms with Crippen molar-refractivity contribution in [3.63, 3.8) is 0 Å². The maximum atomic E-state index is 11.3. The van der Waals surface area contributed by atoms with Gasteiger partial charge in [0, 0.05) is 18.6 Å². The average molecular weight is 313 g/mol. The van der Waals surface area contributed by atoms with Gasteiger partial charge < -0.3 is 0 Å². The molecule has 0 aliphatic heterocycles. The maximum absolute atomic E-state index is 11.3. The molecule has 0 unspecified atom stereocenters. The van der Waals surface area contributed by atoms with Gasteiger partial charge in [0.2, 0.25) is 0 Å². The van der Waals surface area contributed by atoms with Gasteiger partial charge in [-0.3, -0.25) is 9.64 Å². The van der Waals surface area contributed by atoms with Gasteiger partial charge in [-0.1, -0.05) is 27.7 Å². The molecule has 0 amide bonds. The lowest BCUT2D eigenvalue weighted by Gasteiger charge is -2.31. The fraction of sp³-hybridized carbons (Fsp3) is 1.00. The molecular formula is C16H34F3NO. The molecule has 0 radical (unpaired) electrons. The molecular weight excluding hydrogens is 279 g/mol. The molecule has 130 valence electrons. The number of alkyl halides is 3. The van der Waals surface area contributed by atoms with E-state index in [1.54, 1.807) is 0 Å². The first-order valence-corrected chi connectivity index (χ1v) is 7.83. The molecule has 0 aromatic heterocycles. The van der Waals surface area contributed by atoms with Crippen LogP contribution < -0.4 is 0 Å². The van der Waals surface area contributed by atoms with Gasteiger partial charge in [0.05, 0.1) is 6.61 Å². The van der Waals surface area contributed by atoms with E-state index in [2.05, 4.69) is 51.2 Å². The summed E-state index contributed by atoms with van der Waals surface area (Å²) < 4.78 is 37.4. The molecule has 5 heteroatoms. The average Bonchev–Trinajstić information content (AvgIpc) is 2.23. The second-order valence-electron chi connectivity index (χ2n) is 6.75. The Morgan fingerprint density at radius 3 is 1.43 bits per heavy atom. The summed E-state index contributed by atoms with van der Waals surface area (Å²) in [4.78, 5) is 2.53. The summed E-state index contributed by atoms with van der Waals surface area (Å²) in [5, 5.41) is 0. The lowest BCUT2D eigenvalue weighted by Crippen LogP contribution is -2.39. The Morgan fingerprint density at radius 2 is 1.24 bits per heavy atom. The molecule has 0 aliphatic carbocycles. The highest BCUT2D eigenvalue weighted by atomic mass is 19.4. The fourth-order valence-corrected chi connectivity index (χ4v) is 1.85. The van der Waals surface area contributed by atoms with Crippen LogP contribution in [-0.2, 0) is 4.74 Å². The minimum atomic E-state index is -4.46. The number of halogens is 3. The van der Waals surface area contributed by atoms with E-state index in [0.717, 1.165) is 5.92 Å². The molecule has 0 spiro atoms. The molecule has 21 heavy (non-hydrogen) atoms. The van der Waals surface area contributed by atoms with E-state index < -0.39 is 6.36 Å². The fourth-order valence-electron chi connectivity index (χ4n) is 1.85. The predicted octanol–water partition coefficient (Wildman–Crippen LogP) is 5.33. The lowest BCUT2D eigenvalue weighted by atomic mass is 10.1. The molecule has 0 aromatic carbocycles. The van der Waals surface area contributed by atoms with E-state index in [9.17, 15) is 13.2 Å². The standard InChI is InChI=1S/C10H23N.C6H11F3O/c1-8(2)7-11(9(3)4)10(5)6;1-5(2)3-4-10-6(7,8)9/h8-10H,7H2,1-6H3;5H,3-4H2,1-2H3. The van der Waals surface area contributed by atoms with Crippen LogP contribution in [0.2, 0.25) is 0 Å². The molecule has 0 fully saturated rings. The van der Waals surface area contributed by atoms with Crippen molar-refractivity contribution in [2.45, 2.75) is 80.3 Å². The van der Waals surface area contributed by atoms with E-state index in [0.29, 0.717) is 18.5 Å². The van der Waals surface area contributed by atoms with Crippen LogP contribution in [0.3, 0.4) is 0 Å². The van der Waals surface area contributed by atoms with Crippen molar-refractivity contribution in [1.29, 1.82) is 0 Å². The zero-order valence-electron chi connectivity index (χ0n) is 14.9. The maximum Gasteiger partial charge on any atom is 0.522 e. The first kappa shape index (κ1) is 23.0. The first-order chi connectivity index (χ1) is 9.36. The van der Waals surface area contributed by atoms with Crippen LogP contribution in [0.15, 0.2) is 0 Å². The largest absolute Gasteiger partial charge is 0.522 e. The lowest BCUT2D eigenvalue weighted by molar-refractivity contribution is -0.325. The van der Waals surface area contributed by atoms with E-state index in [1.165, 1.54) is 6.54 Å². The molecule has 0 aliphatic rings. The summed E-state index contributed by atoms with van der Waals surface area (Å²) in [7, 11) is 0. The molecule has 0 aromatic rings. The van der Waals surface area contributed by atoms with Crippen LogP contribution in [0.4, 0.5) is 13.2 Å². The zero-order chi connectivity index (χ0) is 17.2. The molecule has 0 saturated carbocycles. The number of hydrogen-bond acceptors (Lipinski definition) is 2. The highest BCUT2D eigenvalue weighted by molar-refractivity contribution is 4.68. The summed E-state index contributed by atoms with van der Waals surface area (Å²) in [6.45, 7) is 18.3. The topological polar surface area (TPSA) is 12.5 Å². The Labute approximate surface area is 129 Å². The Kier molecular flexibility index (Phi) is 12.4. The van der Waals surface area contributed by atoms with Crippen molar-refractivity contribution in [2.75, 3.05) is 13.2 Å². The molecule has 0 atom stereocenters. The third-order valence-electron chi connectivity index (χ3n) is 2.86. The van der Waals surface area contributed by atoms with Gasteiger partial charge in [0.15, 0.2) is 0 Å². The minimum absolute atomic E-state index is 0.235. The second kappa shape index (κ2) is 11.3. The number of nitrogens with zero attached hydrogens (tertiary/aromatic N) is 1. The van der Waals surface area contributed by atoms with Crippen LogP contribution in [0, 0.1) is 11.8 Å². The Morgan fingerprint density at radius 1 is 0.810 bits per heavy atom. The summed E-state index contributed by atoms with van der Waals surface area (Å²) in [5.41, 5.74) is 0. The second-order valence-corrected chi connectivity index (χ2v) is 6.75. The normalized spacial score (nSPS) is 12.6. The molecule has 0 saturated heterocycles. The van der Waals surface area contributed by atoms with Crippen LogP contribution in [0.5, 0.6) is 0 Å². The summed E-state index contributed by atoms with van der Waals surface area (Å²) in [6, 6.07) is 1.36.